The minimum absolute atomic E-state index is 0.0309. The lowest BCUT2D eigenvalue weighted by Crippen LogP contribution is -2.36. The Balaban J connectivity index is 1.41. The summed E-state index contributed by atoms with van der Waals surface area (Å²) in [6, 6.07) is 18.8. The molecule has 0 aliphatic carbocycles. The van der Waals surface area contributed by atoms with Gasteiger partial charge in [-0.2, -0.15) is 0 Å². The Morgan fingerprint density at radius 1 is 1.12 bits per heavy atom. The minimum atomic E-state index is 0.0309. The number of carbonyl (C=O) groups is 1. The van der Waals surface area contributed by atoms with Crippen molar-refractivity contribution >= 4 is 16.8 Å². The summed E-state index contributed by atoms with van der Waals surface area (Å²) in [5.74, 6) is 0.0309. The molecule has 4 rings (SSSR count). The van der Waals surface area contributed by atoms with Crippen molar-refractivity contribution in [1.82, 2.24) is 14.8 Å². The number of nitrogens with one attached hydrogen (secondary N) is 1. The molecule has 4 heteroatoms. The number of fused-ring (bicyclic) bond motifs is 1. The van der Waals surface area contributed by atoms with Gasteiger partial charge in [-0.1, -0.05) is 48.5 Å². The maximum Gasteiger partial charge on any atom is 0.253 e. The van der Waals surface area contributed by atoms with Crippen molar-refractivity contribution in [3.05, 3.63) is 71.9 Å². The monoisotopic (exact) mass is 333 g/mol. The van der Waals surface area contributed by atoms with Gasteiger partial charge in [-0.15, -0.1) is 0 Å². The van der Waals surface area contributed by atoms with Gasteiger partial charge in [0, 0.05) is 49.8 Å². The molecule has 0 bridgehead atoms. The van der Waals surface area contributed by atoms with Crippen molar-refractivity contribution in [1.29, 1.82) is 0 Å². The molecule has 1 aliphatic rings. The van der Waals surface area contributed by atoms with Crippen LogP contribution in [0.4, 0.5) is 0 Å². The molecule has 1 amide bonds. The molecule has 2 heterocycles. The standard InChI is InChI=1S/C21H23N3O/c1-23-15-19(18-9-5-6-10-20(18)23)21(25)22-17-11-12-24(14-17)13-16-7-3-2-4-8-16/h2-10,15,17H,11-14H2,1H3,(H,22,25)/t17-/m1/s1. The topological polar surface area (TPSA) is 37.3 Å². The number of carbonyl (C=O) groups excluding carboxylic acids is 1. The molecule has 1 aromatic heterocycles. The summed E-state index contributed by atoms with van der Waals surface area (Å²) in [5.41, 5.74) is 3.17. The third-order valence-corrected chi connectivity index (χ3v) is 5.00. The van der Waals surface area contributed by atoms with Crippen molar-refractivity contribution in [3.63, 3.8) is 0 Å². The number of hydrogen-bond donors (Lipinski definition) is 1. The predicted molar refractivity (Wildman–Crippen MR) is 101 cm³/mol. The third kappa shape index (κ3) is 3.30. The molecule has 1 aliphatic heterocycles. The van der Waals surface area contributed by atoms with Gasteiger partial charge >= 0.3 is 0 Å². The van der Waals surface area contributed by atoms with Gasteiger partial charge in [0.05, 0.1) is 5.56 Å². The highest BCUT2D eigenvalue weighted by Gasteiger charge is 2.25. The van der Waals surface area contributed by atoms with Gasteiger partial charge in [0.1, 0.15) is 0 Å². The van der Waals surface area contributed by atoms with E-state index >= 15 is 0 Å². The highest BCUT2D eigenvalue weighted by atomic mass is 16.1. The van der Waals surface area contributed by atoms with E-state index in [0.29, 0.717) is 0 Å². The smallest absolute Gasteiger partial charge is 0.253 e. The van der Waals surface area contributed by atoms with Crippen molar-refractivity contribution in [2.24, 2.45) is 7.05 Å². The molecule has 0 spiro atoms. The summed E-state index contributed by atoms with van der Waals surface area (Å²) in [6.45, 7) is 2.88. The largest absolute Gasteiger partial charge is 0.350 e. The minimum Gasteiger partial charge on any atom is -0.350 e. The van der Waals surface area contributed by atoms with Crippen LogP contribution in [0.2, 0.25) is 0 Å². The first-order chi connectivity index (χ1) is 12.2. The molecule has 25 heavy (non-hydrogen) atoms. The van der Waals surface area contributed by atoms with Crippen LogP contribution in [0.1, 0.15) is 22.3 Å². The summed E-state index contributed by atoms with van der Waals surface area (Å²) >= 11 is 0. The van der Waals surface area contributed by atoms with E-state index in [4.69, 9.17) is 0 Å². The summed E-state index contributed by atoms with van der Waals surface area (Å²) in [7, 11) is 1.98. The number of para-hydroxylation sites is 1. The van der Waals surface area contributed by atoms with E-state index in [1.165, 1.54) is 5.56 Å². The maximum atomic E-state index is 12.7. The molecule has 0 saturated carbocycles. The molecule has 1 fully saturated rings. The molecular weight excluding hydrogens is 310 g/mol. The fourth-order valence-corrected chi connectivity index (χ4v) is 3.72. The van der Waals surface area contributed by atoms with Gasteiger partial charge in [-0.05, 0) is 18.1 Å². The average Bonchev–Trinajstić information content (AvgIpc) is 3.21. The van der Waals surface area contributed by atoms with Crippen molar-refractivity contribution in [3.8, 4) is 0 Å². The van der Waals surface area contributed by atoms with E-state index in [1.54, 1.807) is 0 Å². The number of aromatic nitrogens is 1. The Kier molecular flexibility index (Phi) is 4.28. The summed E-state index contributed by atoms with van der Waals surface area (Å²) in [5, 5.41) is 4.24. The maximum absolute atomic E-state index is 12.7. The first kappa shape index (κ1) is 15.9. The molecule has 1 N–H and O–H groups in total. The first-order valence-corrected chi connectivity index (χ1v) is 8.82. The molecule has 1 saturated heterocycles. The number of hydrogen-bond acceptors (Lipinski definition) is 2. The van der Waals surface area contributed by atoms with Crippen molar-refractivity contribution in [2.75, 3.05) is 13.1 Å². The van der Waals surface area contributed by atoms with Crippen LogP contribution in [0.15, 0.2) is 60.8 Å². The zero-order valence-corrected chi connectivity index (χ0v) is 14.5. The lowest BCUT2D eigenvalue weighted by atomic mass is 10.1. The lowest BCUT2D eigenvalue weighted by Gasteiger charge is -2.16. The zero-order chi connectivity index (χ0) is 17.2. The highest BCUT2D eigenvalue weighted by Crippen LogP contribution is 2.21. The van der Waals surface area contributed by atoms with E-state index in [0.717, 1.165) is 42.5 Å². The molecule has 2 aromatic carbocycles. The highest BCUT2D eigenvalue weighted by molar-refractivity contribution is 6.07. The van der Waals surface area contributed by atoms with E-state index in [9.17, 15) is 4.79 Å². The van der Waals surface area contributed by atoms with Crippen molar-refractivity contribution in [2.45, 2.75) is 19.0 Å². The summed E-state index contributed by atoms with van der Waals surface area (Å²) in [6.07, 6.45) is 2.93. The van der Waals surface area contributed by atoms with Crippen molar-refractivity contribution < 1.29 is 4.79 Å². The number of likely N-dealkylation sites (tertiary alicyclic amines) is 1. The van der Waals surface area contributed by atoms with Gasteiger partial charge < -0.3 is 9.88 Å². The molecule has 128 valence electrons. The van der Waals surface area contributed by atoms with Gasteiger partial charge in [-0.25, -0.2) is 0 Å². The third-order valence-electron chi connectivity index (χ3n) is 5.00. The van der Waals surface area contributed by atoms with Crippen LogP contribution < -0.4 is 5.32 Å². The lowest BCUT2D eigenvalue weighted by molar-refractivity contribution is 0.0939. The number of nitrogens with zero attached hydrogens (tertiary/aromatic N) is 2. The van der Waals surface area contributed by atoms with Crippen LogP contribution in [0.5, 0.6) is 0 Å². The van der Waals surface area contributed by atoms with E-state index in [2.05, 4.69) is 34.5 Å². The number of rotatable bonds is 4. The van der Waals surface area contributed by atoms with Gasteiger partial charge in [-0.3, -0.25) is 9.69 Å². The molecule has 3 aromatic rings. The Hall–Kier alpha value is -2.59. The second-order valence-electron chi connectivity index (χ2n) is 6.85. The molecule has 0 radical (unpaired) electrons. The second-order valence-corrected chi connectivity index (χ2v) is 6.85. The summed E-state index contributed by atoms with van der Waals surface area (Å²) < 4.78 is 2.01. The van der Waals surface area contributed by atoms with Crippen LogP contribution in [0.25, 0.3) is 10.9 Å². The Morgan fingerprint density at radius 2 is 1.88 bits per heavy atom. The predicted octanol–water partition coefficient (Wildman–Crippen LogP) is 3.18. The summed E-state index contributed by atoms with van der Waals surface area (Å²) in [4.78, 5) is 15.2. The molecule has 0 unspecified atom stereocenters. The molecule has 1 atom stereocenters. The van der Waals surface area contributed by atoms with Gasteiger partial charge in [0.2, 0.25) is 0 Å². The van der Waals surface area contributed by atoms with E-state index in [-0.39, 0.29) is 11.9 Å². The fourth-order valence-electron chi connectivity index (χ4n) is 3.72. The van der Waals surface area contributed by atoms with Gasteiger partial charge in [0.25, 0.3) is 5.91 Å². The number of benzene rings is 2. The van der Waals surface area contributed by atoms with Crippen LogP contribution in [-0.2, 0) is 13.6 Å². The van der Waals surface area contributed by atoms with Crippen LogP contribution in [0.3, 0.4) is 0 Å². The fraction of sp³-hybridized carbons (Fsp3) is 0.286. The molecular formula is C21H23N3O. The number of amides is 1. The Labute approximate surface area is 148 Å². The van der Waals surface area contributed by atoms with Crippen LogP contribution in [0, 0.1) is 0 Å². The van der Waals surface area contributed by atoms with E-state index < -0.39 is 0 Å². The Morgan fingerprint density at radius 3 is 2.72 bits per heavy atom. The van der Waals surface area contributed by atoms with Crippen LogP contribution >= 0.6 is 0 Å². The van der Waals surface area contributed by atoms with Gasteiger partial charge in [0.15, 0.2) is 0 Å². The normalized spacial score (nSPS) is 17.9. The van der Waals surface area contributed by atoms with Crippen LogP contribution in [-0.4, -0.2) is 34.5 Å². The van der Waals surface area contributed by atoms with E-state index in [1.807, 2.05) is 48.1 Å². The number of aryl methyl sites for hydroxylation is 1. The SMILES string of the molecule is Cn1cc(C(=O)N[C@@H]2CCN(Cc3ccccc3)C2)c2ccccc21. The molecule has 4 nitrogen and oxygen atoms in total. The average molecular weight is 333 g/mol. The zero-order valence-electron chi connectivity index (χ0n) is 14.5. The quantitative estimate of drug-likeness (QED) is 0.796. The Bertz CT molecular complexity index is 885. The first-order valence-electron chi connectivity index (χ1n) is 8.82. The second kappa shape index (κ2) is 6.73.